The molecular weight excluding hydrogens is 545 g/mol. The Kier molecular flexibility index (Phi) is 6.81. The molecule has 1 aromatic carbocycles. The van der Waals surface area contributed by atoms with Gasteiger partial charge in [-0.05, 0) is 39.8 Å². The van der Waals surface area contributed by atoms with Gasteiger partial charge >= 0.3 is 6.09 Å². The van der Waals surface area contributed by atoms with E-state index in [-0.39, 0.29) is 37.2 Å². The molecule has 6 rings (SSSR count). The summed E-state index contributed by atoms with van der Waals surface area (Å²) in [5, 5.41) is 18.9. The van der Waals surface area contributed by atoms with Gasteiger partial charge in [0.25, 0.3) is 5.91 Å². The summed E-state index contributed by atoms with van der Waals surface area (Å²) in [6.45, 7) is 9.98. The molecule has 2 N–H and O–H groups in total. The van der Waals surface area contributed by atoms with E-state index in [0.29, 0.717) is 43.0 Å². The van der Waals surface area contributed by atoms with Crippen molar-refractivity contribution in [1.29, 1.82) is 0 Å². The number of aryl methyl sites for hydroxylation is 1. The maximum atomic E-state index is 14.7. The summed E-state index contributed by atoms with van der Waals surface area (Å²) < 4.78 is 28.5. The Morgan fingerprint density at radius 3 is 2.55 bits per heavy atom. The minimum absolute atomic E-state index is 0.181. The molecule has 2 fully saturated rings. The van der Waals surface area contributed by atoms with Gasteiger partial charge in [-0.15, -0.1) is 0 Å². The molecule has 0 saturated carbocycles. The van der Waals surface area contributed by atoms with Crippen molar-refractivity contribution in [1.82, 2.24) is 24.1 Å². The number of aromatic nitrogens is 4. The van der Waals surface area contributed by atoms with Gasteiger partial charge in [0.15, 0.2) is 11.5 Å². The number of hydrogen-bond acceptors (Lipinski definition) is 8. The van der Waals surface area contributed by atoms with Crippen LogP contribution in [0.3, 0.4) is 0 Å². The number of carbonyl (C=O) groups excluding carboxylic acids is 2. The number of nitrogens with one attached hydrogen (secondary N) is 1. The van der Waals surface area contributed by atoms with Crippen molar-refractivity contribution in [3.63, 3.8) is 0 Å². The molecule has 13 heteroatoms. The molecule has 42 heavy (non-hydrogen) atoms. The van der Waals surface area contributed by atoms with Crippen molar-refractivity contribution in [3.05, 3.63) is 53.9 Å². The lowest BCUT2D eigenvalue weighted by atomic mass is 10.0. The average Bonchev–Trinajstić information content (AvgIpc) is 3.49. The molecule has 0 bridgehead atoms. The monoisotopic (exact) mass is 579 g/mol. The van der Waals surface area contributed by atoms with E-state index < -0.39 is 22.9 Å². The van der Waals surface area contributed by atoms with E-state index >= 15 is 0 Å². The molecule has 0 radical (unpaired) electrons. The summed E-state index contributed by atoms with van der Waals surface area (Å²) in [4.78, 5) is 34.1. The standard InChI is InChI=1S/C29H34FN7O5/c1-18-12-36-13-19(11-22(30)25(36)31-18)32-26(38)20-5-6-23(21-14-37(33-24(20)21)15-29(40)16-41-17-29)34-7-9-35(10-8-34)27(39)42-28(2,3)4/h5-6,11-14,40H,7-10,15-17H2,1-4H3,(H,32,38). The number of nitrogens with zero attached hydrogens (tertiary/aromatic N) is 6. The molecular formula is C29H34FN7O5. The van der Waals surface area contributed by atoms with Crippen LogP contribution in [-0.4, -0.2) is 91.8 Å². The van der Waals surface area contributed by atoms with Crippen LogP contribution in [0.2, 0.25) is 0 Å². The van der Waals surface area contributed by atoms with E-state index in [1.165, 1.54) is 10.5 Å². The molecule has 0 atom stereocenters. The van der Waals surface area contributed by atoms with Crippen molar-refractivity contribution in [3.8, 4) is 0 Å². The minimum atomic E-state index is -1.03. The van der Waals surface area contributed by atoms with E-state index in [1.54, 1.807) is 35.0 Å². The molecule has 2 aliphatic heterocycles. The maximum Gasteiger partial charge on any atom is 0.410 e. The van der Waals surface area contributed by atoms with Crippen LogP contribution in [0.25, 0.3) is 16.6 Å². The topological polar surface area (TPSA) is 126 Å². The van der Waals surface area contributed by atoms with Gasteiger partial charge in [-0.1, -0.05) is 0 Å². The molecule has 2 saturated heterocycles. The first kappa shape index (κ1) is 27.9. The first-order chi connectivity index (χ1) is 19.9. The zero-order valence-corrected chi connectivity index (χ0v) is 24.1. The smallest absolute Gasteiger partial charge is 0.410 e. The summed E-state index contributed by atoms with van der Waals surface area (Å²) in [5.41, 5.74) is 1.12. The third-order valence-electron chi connectivity index (χ3n) is 7.30. The largest absolute Gasteiger partial charge is 0.444 e. The highest BCUT2D eigenvalue weighted by Crippen LogP contribution is 2.32. The Labute approximate surface area is 241 Å². The average molecular weight is 580 g/mol. The summed E-state index contributed by atoms with van der Waals surface area (Å²) in [6, 6.07) is 4.79. The lowest BCUT2D eigenvalue weighted by Gasteiger charge is -2.37. The van der Waals surface area contributed by atoms with Crippen LogP contribution in [0, 0.1) is 12.7 Å². The number of hydrogen-bond donors (Lipinski definition) is 2. The fourth-order valence-electron chi connectivity index (χ4n) is 5.31. The van der Waals surface area contributed by atoms with Crippen molar-refractivity contribution >= 4 is 39.9 Å². The Morgan fingerprint density at radius 1 is 1.14 bits per heavy atom. The van der Waals surface area contributed by atoms with E-state index in [1.807, 2.05) is 33.0 Å². The zero-order chi connectivity index (χ0) is 29.8. The van der Waals surface area contributed by atoms with Crippen molar-refractivity contribution in [2.24, 2.45) is 0 Å². The molecule has 2 aliphatic rings. The zero-order valence-electron chi connectivity index (χ0n) is 24.1. The van der Waals surface area contributed by atoms with Crippen LogP contribution in [-0.2, 0) is 16.0 Å². The molecule has 0 unspecified atom stereocenters. The van der Waals surface area contributed by atoms with Crippen LogP contribution >= 0.6 is 0 Å². The highest BCUT2D eigenvalue weighted by Gasteiger charge is 2.37. The normalized spacial score (nSPS) is 17.0. The van der Waals surface area contributed by atoms with E-state index in [4.69, 9.17) is 14.6 Å². The third-order valence-corrected chi connectivity index (χ3v) is 7.30. The van der Waals surface area contributed by atoms with Crippen LogP contribution in [0.15, 0.2) is 36.8 Å². The number of benzene rings is 1. The predicted molar refractivity (Wildman–Crippen MR) is 153 cm³/mol. The van der Waals surface area contributed by atoms with Gasteiger partial charge < -0.3 is 34.1 Å². The van der Waals surface area contributed by atoms with Gasteiger partial charge in [0.1, 0.15) is 16.7 Å². The molecule has 4 aromatic rings. The molecule has 12 nitrogen and oxygen atoms in total. The van der Waals surface area contributed by atoms with Crippen molar-refractivity contribution < 1.29 is 28.6 Å². The second kappa shape index (κ2) is 10.2. The van der Waals surface area contributed by atoms with Gasteiger partial charge in [0.2, 0.25) is 0 Å². The maximum absolute atomic E-state index is 14.7. The summed E-state index contributed by atoms with van der Waals surface area (Å²) in [6.07, 6.45) is 4.76. The van der Waals surface area contributed by atoms with E-state index in [0.717, 1.165) is 11.1 Å². The van der Waals surface area contributed by atoms with E-state index in [9.17, 15) is 19.1 Å². The number of carbonyl (C=O) groups is 2. The fourth-order valence-corrected chi connectivity index (χ4v) is 5.31. The number of fused-ring (bicyclic) bond motifs is 2. The second-order valence-electron chi connectivity index (χ2n) is 12.0. The predicted octanol–water partition coefficient (Wildman–Crippen LogP) is 3.20. The Balaban J connectivity index is 1.29. The molecule has 3 aromatic heterocycles. The summed E-state index contributed by atoms with van der Waals surface area (Å²) in [5.74, 6) is -1.00. The van der Waals surface area contributed by atoms with E-state index in [2.05, 4.69) is 15.2 Å². The number of rotatable bonds is 5. The summed E-state index contributed by atoms with van der Waals surface area (Å²) >= 11 is 0. The quantitative estimate of drug-likeness (QED) is 0.369. The molecule has 5 heterocycles. The van der Waals surface area contributed by atoms with Crippen molar-refractivity contribution in [2.75, 3.05) is 49.6 Å². The van der Waals surface area contributed by atoms with Crippen LogP contribution < -0.4 is 10.2 Å². The highest BCUT2D eigenvalue weighted by atomic mass is 19.1. The van der Waals surface area contributed by atoms with Gasteiger partial charge in [-0.2, -0.15) is 5.10 Å². The molecule has 0 aliphatic carbocycles. The Morgan fingerprint density at radius 2 is 1.88 bits per heavy atom. The first-order valence-corrected chi connectivity index (χ1v) is 13.9. The molecule has 0 spiro atoms. The van der Waals surface area contributed by atoms with Crippen LogP contribution in [0.4, 0.5) is 20.6 Å². The highest BCUT2D eigenvalue weighted by molar-refractivity contribution is 6.14. The number of imidazole rings is 1. The van der Waals surface area contributed by atoms with Crippen LogP contribution in [0.5, 0.6) is 0 Å². The SMILES string of the molecule is Cc1cn2cc(NC(=O)c3ccc(N4CCN(C(=O)OC(C)(C)C)CC4)c4cn(CC5(O)COC5)nc34)cc(F)c2n1. The number of ether oxygens (including phenoxy) is 2. The van der Waals surface area contributed by atoms with Crippen LogP contribution in [0.1, 0.15) is 36.8 Å². The third kappa shape index (κ3) is 5.49. The second-order valence-corrected chi connectivity index (χ2v) is 12.0. The molecule has 2 amide bonds. The first-order valence-electron chi connectivity index (χ1n) is 13.9. The van der Waals surface area contributed by atoms with Crippen molar-refractivity contribution in [2.45, 2.75) is 45.4 Å². The Hall–Kier alpha value is -4.23. The number of anilines is 2. The molecule has 222 valence electrons. The number of aliphatic hydroxyl groups is 1. The van der Waals surface area contributed by atoms with Gasteiger partial charge in [0.05, 0.1) is 36.7 Å². The number of amides is 2. The summed E-state index contributed by atoms with van der Waals surface area (Å²) in [7, 11) is 0. The number of pyridine rings is 1. The van der Waals surface area contributed by atoms with Gasteiger partial charge in [-0.25, -0.2) is 14.2 Å². The fraction of sp³-hybridized carbons (Fsp3) is 0.448. The number of halogens is 1. The minimum Gasteiger partial charge on any atom is -0.444 e. The number of piperazine rings is 1. The Bertz CT molecular complexity index is 1680. The van der Waals surface area contributed by atoms with Gasteiger partial charge in [0, 0.05) is 61.9 Å². The lowest BCUT2D eigenvalue weighted by Crippen LogP contribution is -2.52. The lowest BCUT2D eigenvalue weighted by molar-refractivity contribution is -0.186. The van der Waals surface area contributed by atoms with Gasteiger partial charge in [-0.3, -0.25) is 9.48 Å².